The number of ether oxygens (including phenoxy) is 1. The number of non-ortho nitro benzene ring substituents is 1. The third kappa shape index (κ3) is 6.04. The van der Waals surface area contributed by atoms with Crippen LogP contribution in [-0.4, -0.2) is 29.6 Å². The van der Waals surface area contributed by atoms with Crippen LogP contribution in [0.15, 0.2) is 53.6 Å². The molecule has 2 amide bonds. The molecule has 0 atom stereocenters. The van der Waals surface area contributed by atoms with Crippen molar-refractivity contribution in [2.24, 2.45) is 10.8 Å². The first-order chi connectivity index (χ1) is 12.4. The van der Waals surface area contributed by atoms with Crippen molar-refractivity contribution in [3.8, 4) is 5.75 Å². The lowest BCUT2D eigenvalue weighted by atomic mass is 10.1. The summed E-state index contributed by atoms with van der Waals surface area (Å²) in [7, 11) is 0. The molecule has 0 unspecified atom stereocenters. The van der Waals surface area contributed by atoms with E-state index in [0.29, 0.717) is 16.9 Å². The van der Waals surface area contributed by atoms with Crippen LogP contribution in [0.1, 0.15) is 11.1 Å². The third-order valence-corrected chi connectivity index (χ3v) is 3.18. The van der Waals surface area contributed by atoms with Gasteiger partial charge in [-0.15, -0.1) is 0 Å². The van der Waals surface area contributed by atoms with Crippen molar-refractivity contribution >= 4 is 23.7 Å². The number of nitro groups is 1. The lowest BCUT2D eigenvalue weighted by Crippen LogP contribution is -2.20. The predicted octanol–water partition coefficient (Wildman–Crippen LogP) is 1.15. The van der Waals surface area contributed by atoms with Crippen molar-refractivity contribution < 1.29 is 19.2 Å². The molecule has 0 spiro atoms. The summed E-state index contributed by atoms with van der Waals surface area (Å²) in [5.41, 5.74) is 8.68. The third-order valence-electron chi connectivity index (χ3n) is 3.18. The summed E-state index contributed by atoms with van der Waals surface area (Å²) < 4.78 is 5.12. The second-order valence-corrected chi connectivity index (χ2v) is 5.22. The van der Waals surface area contributed by atoms with Crippen LogP contribution in [0, 0.1) is 10.1 Å². The molecule has 3 N–H and O–H groups in total. The number of benzene rings is 2. The van der Waals surface area contributed by atoms with Gasteiger partial charge in [0.1, 0.15) is 5.75 Å². The van der Waals surface area contributed by atoms with Crippen LogP contribution in [-0.2, 0) is 16.0 Å². The first-order valence-corrected chi connectivity index (χ1v) is 7.50. The lowest BCUT2D eigenvalue weighted by Gasteiger charge is -2.03. The molecule has 0 aromatic heterocycles. The van der Waals surface area contributed by atoms with Crippen molar-refractivity contribution in [2.75, 3.05) is 6.61 Å². The predicted molar refractivity (Wildman–Crippen MR) is 93.7 cm³/mol. The summed E-state index contributed by atoms with van der Waals surface area (Å²) in [5, 5.41) is 14.4. The molecular formula is C17H16N4O5. The maximum atomic E-state index is 11.8. The fourth-order valence-corrected chi connectivity index (χ4v) is 1.94. The summed E-state index contributed by atoms with van der Waals surface area (Å²) in [6.45, 7) is -0.202. The van der Waals surface area contributed by atoms with Gasteiger partial charge in [0.15, 0.2) is 6.61 Å². The molecule has 0 heterocycles. The highest BCUT2D eigenvalue weighted by atomic mass is 16.6. The van der Waals surface area contributed by atoms with Gasteiger partial charge in [0.05, 0.1) is 17.6 Å². The minimum Gasteiger partial charge on any atom is -0.484 e. The van der Waals surface area contributed by atoms with Crippen LogP contribution in [0.4, 0.5) is 5.69 Å². The van der Waals surface area contributed by atoms with Gasteiger partial charge < -0.3 is 10.5 Å². The summed E-state index contributed by atoms with van der Waals surface area (Å²) in [6, 6.07) is 12.4. The van der Waals surface area contributed by atoms with E-state index < -0.39 is 10.8 Å². The van der Waals surface area contributed by atoms with Gasteiger partial charge in [0.25, 0.3) is 11.6 Å². The smallest absolute Gasteiger partial charge is 0.269 e. The van der Waals surface area contributed by atoms with Gasteiger partial charge in [-0.3, -0.25) is 19.7 Å². The number of nitrogens with two attached hydrogens (primary N) is 1. The number of nitro benzene ring substituents is 1. The largest absolute Gasteiger partial charge is 0.484 e. The number of nitrogens with one attached hydrogen (secondary N) is 1. The summed E-state index contributed by atoms with van der Waals surface area (Å²) in [4.78, 5) is 32.5. The molecule has 0 aliphatic carbocycles. The molecule has 0 saturated carbocycles. The number of carbonyl (C=O) groups is 2. The standard InChI is InChI=1S/C17H16N4O5/c18-16(22)11-26-15-7-3-13(4-8-15)10-19-20-17(23)9-12-1-5-14(6-2-12)21(24)25/h1-8,10H,9,11H2,(H2,18,22)(H,20,23)/b19-10+. The molecule has 2 rings (SSSR count). The molecule has 2 aromatic rings. The van der Waals surface area contributed by atoms with E-state index in [0.717, 1.165) is 0 Å². The normalized spacial score (nSPS) is 10.5. The van der Waals surface area contributed by atoms with Gasteiger partial charge in [-0.25, -0.2) is 5.43 Å². The maximum absolute atomic E-state index is 11.8. The Kier molecular flexibility index (Phi) is 6.38. The SMILES string of the molecule is NC(=O)COc1ccc(/C=N/NC(=O)Cc2ccc([N+](=O)[O-])cc2)cc1. The lowest BCUT2D eigenvalue weighted by molar-refractivity contribution is -0.384. The molecule has 0 aliphatic heterocycles. The topological polar surface area (TPSA) is 137 Å². The first-order valence-electron chi connectivity index (χ1n) is 7.50. The zero-order chi connectivity index (χ0) is 18.9. The van der Waals surface area contributed by atoms with Crippen molar-refractivity contribution in [2.45, 2.75) is 6.42 Å². The van der Waals surface area contributed by atoms with Gasteiger partial charge in [0, 0.05) is 12.1 Å². The second kappa shape index (κ2) is 8.92. The molecule has 0 fully saturated rings. The Morgan fingerprint density at radius 1 is 1.15 bits per heavy atom. The van der Waals surface area contributed by atoms with Crippen LogP contribution in [0.5, 0.6) is 5.75 Å². The van der Waals surface area contributed by atoms with E-state index in [4.69, 9.17) is 10.5 Å². The number of carbonyl (C=O) groups excluding carboxylic acids is 2. The second-order valence-electron chi connectivity index (χ2n) is 5.22. The number of hydrogen-bond acceptors (Lipinski definition) is 6. The maximum Gasteiger partial charge on any atom is 0.269 e. The van der Waals surface area contributed by atoms with Crippen LogP contribution in [0.3, 0.4) is 0 Å². The average Bonchev–Trinajstić information content (AvgIpc) is 2.61. The number of primary amides is 1. The minimum absolute atomic E-state index is 0.0320. The number of hydrazone groups is 1. The molecule has 9 heteroatoms. The Hall–Kier alpha value is -3.75. The zero-order valence-corrected chi connectivity index (χ0v) is 13.6. The molecule has 2 aromatic carbocycles. The average molecular weight is 356 g/mol. The summed E-state index contributed by atoms with van der Waals surface area (Å²) >= 11 is 0. The summed E-state index contributed by atoms with van der Waals surface area (Å²) in [6.07, 6.45) is 1.50. The van der Waals surface area contributed by atoms with Crippen LogP contribution >= 0.6 is 0 Å². The fourth-order valence-electron chi connectivity index (χ4n) is 1.94. The van der Waals surface area contributed by atoms with E-state index in [9.17, 15) is 19.7 Å². The molecule has 0 aliphatic rings. The van der Waals surface area contributed by atoms with Crippen molar-refractivity contribution in [3.05, 3.63) is 69.8 Å². The van der Waals surface area contributed by atoms with E-state index >= 15 is 0 Å². The molecule has 0 bridgehead atoms. The quantitative estimate of drug-likeness (QED) is 0.415. The van der Waals surface area contributed by atoms with E-state index in [1.807, 2.05) is 0 Å². The van der Waals surface area contributed by atoms with E-state index in [1.54, 1.807) is 24.3 Å². The summed E-state index contributed by atoms with van der Waals surface area (Å²) in [5.74, 6) is -0.425. The highest BCUT2D eigenvalue weighted by Gasteiger charge is 2.06. The van der Waals surface area contributed by atoms with Gasteiger partial charge in [0.2, 0.25) is 5.91 Å². The van der Waals surface area contributed by atoms with Gasteiger partial charge in [-0.1, -0.05) is 12.1 Å². The molecule has 26 heavy (non-hydrogen) atoms. The van der Waals surface area contributed by atoms with Crippen molar-refractivity contribution in [1.82, 2.24) is 5.43 Å². The molecule has 0 radical (unpaired) electrons. The van der Waals surface area contributed by atoms with Crippen LogP contribution in [0.25, 0.3) is 0 Å². The van der Waals surface area contributed by atoms with Crippen LogP contribution < -0.4 is 15.9 Å². The highest BCUT2D eigenvalue weighted by Crippen LogP contribution is 2.12. The van der Waals surface area contributed by atoms with E-state index in [-0.39, 0.29) is 24.6 Å². The Morgan fingerprint density at radius 3 is 2.38 bits per heavy atom. The minimum atomic E-state index is -0.564. The Bertz CT molecular complexity index is 816. The fraction of sp³-hybridized carbons (Fsp3) is 0.118. The number of nitrogens with zero attached hydrogens (tertiary/aromatic N) is 2. The van der Waals surface area contributed by atoms with Crippen molar-refractivity contribution in [1.29, 1.82) is 0 Å². The van der Waals surface area contributed by atoms with Gasteiger partial charge in [-0.2, -0.15) is 5.10 Å². The molecule has 9 nitrogen and oxygen atoms in total. The Labute approximate surface area is 148 Å². The molecule has 134 valence electrons. The molecular weight excluding hydrogens is 340 g/mol. The van der Waals surface area contributed by atoms with Gasteiger partial charge >= 0.3 is 0 Å². The first kappa shape index (κ1) is 18.6. The van der Waals surface area contributed by atoms with Crippen LogP contribution in [0.2, 0.25) is 0 Å². The number of amides is 2. The van der Waals surface area contributed by atoms with Crippen molar-refractivity contribution in [3.63, 3.8) is 0 Å². The number of rotatable bonds is 8. The van der Waals surface area contributed by atoms with E-state index in [2.05, 4.69) is 10.5 Å². The molecule has 0 saturated heterocycles. The zero-order valence-electron chi connectivity index (χ0n) is 13.6. The van der Waals surface area contributed by atoms with Gasteiger partial charge in [-0.05, 0) is 35.4 Å². The monoisotopic (exact) mass is 356 g/mol. The highest BCUT2D eigenvalue weighted by molar-refractivity contribution is 5.83. The Morgan fingerprint density at radius 2 is 1.81 bits per heavy atom. The Balaban J connectivity index is 1.82. The van der Waals surface area contributed by atoms with E-state index in [1.165, 1.54) is 30.5 Å². The number of hydrogen-bond donors (Lipinski definition) is 2.